The Morgan fingerprint density at radius 2 is 0.808 bits per heavy atom. The first-order valence-electron chi connectivity index (χ1n) is 17.6. The van der Waals surface area contributed by atoms with Crippen LogP contribution in [0.15, 0.2) is 176 Å². The van der Waals surface area contributed by atoms with E-state index >= 15 is 0 Å². The smallest absolute Gasteiger partial charge is 0.164 e. The quantitative estimate of drug-likeness (QED) is 0.189. The molecule has 9 aromatic rings. The summed E-state index contributed by atoms with van der Waals surface area (Å²) in [4.78, 5) is 15.8. The SMILES string of the molecule is c1ccc2c(c1)Oc1ccccc1C21c2ccccc2-c2ccc(-c3nc(-c4cccc5ccccc45)nc(-c4cccc5ccccc45)n3)cc21. The lowest BCUT2D eigenvalue weighted by atomic mass is 9.66. The average molecular weight is 664 g/mol. The van der Waals surface area contributed by atoms with Crippen LogP contribution in [-0.2, 0) is 5.41 Å². The predicted molar refractivity (Wildman–Crippen MR) is 209 cm³/mol. The maximum Gasteiger partial charge on any atom is 0.164 e. The molecule has 0 radical (unpaired) electrons. The van der Waals surface area contributed by atoms with Crippen LogP contribution < -0.4 is 4.74 Å². The van der Waals surface area contributed by atoms with Gasteiger partial charge in [-0.1, -0.05) is 158 Å². The number of nitrogens with zero attached hydrogens (tertiary/aromatic N) is 3. The molecule has 8 aromatic carbocycles. The normalized spacial score (nSPS) is 13.3. The molecule has 1 spiro atoms. The molecule has 0 saturated carbocycles. The van der Waals surface area contributed by atoms with E-state index in [0.29, 0.717) is 17.5 Å². The van der Waals surface area contributed by atoms with E-state index in [2.05, 4.69) is 164 Å². The van der Waals surface area contributed by atoms with E-state index in [1.54, 1.807) is 0 Å². The van der Waals surface area contributed by atoms with Gasteiger partial charge in [0.2, 0.25) is 0 Å². The van der Waals surface area contributed by atoms with Gasteiger partial charge in [-0.05, 0) is 62.0 Å². The standard InChI is InChI=1S/C48H29N3O/c1-3-17-33-30(13-1)15-11-20-37(33)46-49-45(50-47(51-46)38-21-12-16-31-14-2-4-18-34(31)38)32-27-28-36-35-19-5-6-22-39(35)48(42(36)29-32)40-23-7-9-25-43(40)52-44-26-10-8-24-41(44)48/h1-29H. The first kappa shape index (κ1) is 28.9. The first-order valence-corrected chi connectivity index (χ1v) is 17.6. The minimum Gasteiger partial charge on any atom is -0.457 e. The highest BCUT2D eigenvalue weighted by molar-refractivity contribution is 5.98. The van der Waals surface area contributed by atoms with Crippen LogP contribution in [0.5, 0.6) is 11.5 Å². The van der Waals surface area contributed by atoms with Crippen molar-refractivity contribution in [3.8, 4) is 56.8 Å². The molecular weight excluding hydrogens is 635 g/mol. The van der Waals surface area contributed by atoms with Gasteiger partial charge in [0, 0.05) is 27.8 Å². The zero-order valence-corrected chi connectivity index (χ0v) is 28.0. The Balaban J connectivity index is 1.20. The van der Waals surface area contributed by atoms with E-state index in [1.165, 1.54) is 22.3 Å². The third-order valence-corrected chi connectivity index (χ3v) is 10.8. The molecule has 4 nitrogen and oxygen atoms in total. The van der Waals surface area contributed by atoms with Crippen molar-refractivity contribution in [2.24, 2.45) is 0 Å². The van der Waals surface area contributed by atoms with Crippen molar-refractivity contribution in [2.45, 2.75) is 5.41 Å². The van der Waals surface area contributed by atoms with E-state index in [9.17, 15) is 0 Å². The zero-order chi connectivity index (χ0) is 34.2. The highest BCUT2D eigenvalue weighted by Gasteiger charge is 2.51. The van der Waals surface area contributed by atoms with Crippen molar-refractivity contribution >= 4 is 21.5 Å². The maximum atomic E-state index is 6.58. The molecule has 1 aliphatic carbocycles. The number of ether oxygens (including phenoxy) is 1. The molecule has 11 rings (SSSR count). The Labute approximate surface area is 300 Å². The fourth-order valence-electron chi connectivity index (χ4n) is 8.58. The summed E-state index contributed by atoms with van der Waals surface area (Å²) in [7, 11) is 0. The van der Waals surface area contributed by atoms with Gasteiger partial charge in [-0.15, -0.1) is 0 Å². The van der Waals surface area contributed by atoms with Crippen LogP contribution in [0, 0.1) is 0 Å². The summed E-state index contributed by atoms with van der Waals surface area (Å²) < 4.78 is 6.58. The van der Waals surface area contributed by atoms with Gasteiger partial charge in [0.05, 0.1) is 5.41 Å². The van der Waals surface area contributed by atoms with Gasteiger partial charge < -0.3 is 4.74 Å². The Morgan fingerprint density at radius 3 is 1.44 bits per heavy atom. The molecule has 0 atom stereocenters. The highest BCUT2D eigenvalue weighted by atomic mass is 16.5. The molecule has 2 heterocycles. The Morgan fingerprint density at radius 1 is 0.346 bits per heavy atom. The summed E-state index contributed by atoms with van der Waals surface area (Å²) in [5.41, 5.74) is 9.39. The monoisotopic (exact) mass is 663 g/mol. The van der Waals surface area contributed by atoms with Gasteiger partial charge in [0.15, 0.2) is 17.5 Å². The predicted octanol–water partition coefficient (Wildman–Crippen LogP) is 11.6. The molecule has 4 heteroatoms. The lowest BCUT2D eigenvalue weighted by Crippen LogP contribution is -2.32. The first-order chi connectivity index (χ1) is 25.8. The summed E-state index contributed by atoms with van der Waals surface area (Å²) in [5.74, 6) is 3.65. The van der Waals surface area contributed by atoms with Crippen LogP contribution >= 0.6 is 0 Å². The summed E-state index contributed by atoms with van der Waals surface area (Å²) in [6.45, 7) is 0. The van der Waals surface area contributed by atoms with E-state index in [1.807, 2.05) is 12.1 Å². The largest absolute Gasteiger partial charge is 0.457 e. The van der Waals surface area contributed by atoms with E-state index in [0.717, 1.165) is 60.9 Å². The van der Waals surface area contributed by atoms with Crippen molar-refractivity contribution < 1.29 is 4.74 Å². The minimum atomic E-state index is -0.586. The summed E-state index contributed by atoms with van der Waals surface area (Å²) >= 11 is 0. The second-order valence-corrected chi connectivity index (χ2v) is 13.5. The molecule has 1 aliphatic heterocycles. The molecule has 0 bridgehead atoms. The molecule has 242 valence electrons. The number of rotatable bonds is 3. The molecule has 0 fully saturated rings. The number of aromatic nitrogens is 3. The third kappa shape index (κ3) is 4.06. The van der Waals surface area contributed by atoms with Crippen LogP contribution in [0.1, 0.15) is 22.3 Å². The number of hydrogen-bond acceptors (Lipinski definition) is 4. The molecule has 52 heavy (non-hydrogen) atoms. The fourth-order valence-corrected chi connectivity index (χ4v) is 8.58. The Bertz CT molecular complexity index is 2760. The third-order valence-electron chi connectivity index (χ3n) is 10.8. The minimum absolute atomic E-state index is 0.586. The zero-order valence-electron chi connectivity index (χ0n) is 28.0. The molecule has 0 unspecified atom stereocenters. The fraction of sp³-hybridized carbons (Fsp3) is 0.0208. The van der Waals surface area contributed by atoms with Crippen molar-refractivity contribution in [3.63, 3.8) is 0 Å². The summed E-state index contributed by atoms with van der Waals surface area (Å²) in [5, 5.41) is 4.49. The maximum absolute atomic E-state index is 6.58. The molecule has 2 aliphatic rings. The van der Waals surface area contributed by atoms with Crippen LogP contribution in [-0.4, -0.2) is 15.0 Å². The molecule has 0 N–H and O–H groups in total. The van der Waals surface area contributed by atoms with Gasteiger partial charge in [0.25, 0.3) is 0 Å². The number of benzene rings is 8. The average Bonchev–Trinajstić information content (AvgIpc) is 3.50. The lowest BCUT2D eigenvalue weighted by molar-refractivity contribution is 0.436. The number of hydrogen-bond donors (Lipinski definition) is 0. The molecule has 0 amide bonds. The number of fused-ring (bicyclic) bond motifs is 11. The van der Waals surface area contributed by atoms with Crippen LogP contribution in [0.25, 0.3) is 66.8 Å². The summed E-state index contributed by atoms with van der Waals surface area (Å²) in [6, 6.07) is 61.9. The molecule has 1 aromatic heterocycles. The van der Waals surface area contributed by atoms with Gasteiger partial charge in [-0.2, -0.15) is 0 Å². The van der Waals surface area contributed by atoms with Crippen LogP contribution in [0.2, 0.25) is 0 Å². The number of para-hydroxylation sites is 2. The highest BCUT2D eigenvalue weighted by Crippen LogP contribution is 2.62. The second-order valence-electron chi connectivity index (χ2n) is 13.5. The lowest BCUT2D eigenvalue weighted by Gasteiger charge is -2.39. The van der Waals surface area contributed by atoms with Gasteiger partial charge in [0.1, 0.15) is 11.5 Å². The second kappa shape index (κ2) is 11.0. The molecule has 0 saturated heterocycles. The van der Waals surface area contributed by atoms with E-state index in [-0.39, 0.29) is 0 Å². The Hall–Kier alpha value is -6.91. The van der Waals surface area contributed by atoms with Gasteiger partial charge in [-0.3, -0.25) is 0 Å². The van der Waals surface area contributed by atoms with Crippen molar-refractivity contribution in [1.82, 2.24) is 15.0 Å². The summed E-state index contributed by atoms with van der Waals surface area (Å²) in [6.07, 6.45) is 0. The molecular formula is C48H29N3O. The van der Waals surface area contributed by atoms with Crippen LogP contribution in [0.3, 0.4) is 0 Å². The van der Waals surface area contributed by atoms with Gasteiger partial charge >= 0.3 is 0 Å². The van der Waals surface area contributed by atoms with Crippen molar-refractivity contribution in [2.75, 3.05) is 0 Å². The van der Waals surface area contributed by atoms with Crippen molar-refractivity contribution in [1.29, 1.82) is 0 Å². The topological polar surface area (TPSA) is 47.9 Å². The van der Waals surface area contributed by atoms with Crippen molar-refractivity contribution in [3.05, 3.63) is 198 Å². The van der Waals surface area contributed by atoms with Gasteiger partial charge in [-0.25, -0.2) is 15.0 Å². The van der Waals surface area contributed by atoms with E-state index in [4.69, 9.17) is 19.7 Å². The van der Waals surface area contributed by atoms with Crippen LogP contribution in [0.4, 0.5) is 0 Å². The van der Waals surface area contributed by atoms with E-state index < -0.39 is 5.41 Å². The Kier molecular flexibility index (Phi) is 6.13.